The average Bonchev–Trinajstić information content (AvgIpc) is 2.90. The van der Waals surface area contributed by atoms with Gasteiger partial charge < -0.3 is 15.4 Å². The van der Waals surface area contributed by atoms with Crippen LogP contribution < -0.4 is 10.6 Å². The van der Waals surface area contributed by atoms with Gasteiger partial charge in [0.2, 0.25) is 0 Å². The zero-order valence-corrected chi connectivity index (χ0v) is 18.3. The Morgan fingerprint density at radius 2 is 2.04 bits per heavy atom. The van der Waals surface area contributed by atoms with Gasteiger partial charge in [0.05, 0.1) is 5.54 Å². The zero-order valence-electron chi connectivity index (χ0n) is 18.3. The standard InChI is InChI=1S/C24H35N3O/c1-17(2)8-12-22(4,5)25-19-10-13-23(6,14-11-19)26-21-27-24(7)15-9-18(3)16-20(24)28-21/h9-11,13,16,25H,1,8,12,14-15H2,2-7H3,(H,26,27). The molecule has 0 fully saturated rings. The van der Waals surface area contributed by atoms with Crippen molar-refractivity contribution in [1.82, 2.24) is 10.6 Å². The average molecular weight is 382 g/mol. The monoisotopic (exact) mass is 381 g/mol. The minimum absolute atomic E-state index is 0.0383. The van der Waals surface area contributed by atoms with E-state index in [1.54, 1.807) is 0 Å². The summed E-state index contributed by atoms with van der Waals surface area (Å²) in [6.07, 6.45) is 14.8. The highest BCUT2D eigenvalue weighted by Gasteiger charge is 2.40. The molecular weight excluding hydrogens is 346 g/mol. The molecule has 0 amide bonds. The normalized spacial score (nSPS) is 29.1. The third-order valence-corrected chi connectivity index (χ3v) is 5.69. The molecule has 1 aliphatic heterocycles. The lowest BCUT2D eigenvalue weighted by molar-refractivity contribution is 0.340. The third kappa shape index (κ3) is 4.78. The molecule has 0 radical (unpaired) electrons. The number of aliphatic imine (C=N–C) groups is 1. The highest BCUT2D eigenvalue weighted by molar-refractivity contribution is 5.80. The van der Waals surface area contributed by atoms with Gasteiger partial charge in [0, 0.05) is 11.2 Å². The van der Waals surface area contributed by atoms with Crippen LogP contribution in [-0.4, -0.2) is 22.6 Å². The molecule has 0 aromatic rings. The summed E-state index contributed by atoms with van der Waals surface area (Å²) in [6, 6.07) is 0.621. The molecule has 4 heteroatoms. The van der Waals surface area contributed by atoms with Crippen LogP contribution in [0.4, 0.5) is 0 Å². The molecule has 28 heavy (non-hydrogen) atoms. The third-order valence-electron chi connectivity index (χ3n) is 5.69. The highest BCUT2D eigenvalue weighted by atomic mass is 16.5. The van der Waals surface area contributed by atoms with Gasteiger partial charge >= 0.3 is 0 Å². The molecule has 0 bridgehead atoms. The van der Waals surface area contributed by atoms with Gasteiger partial charge in [0.25, 0.3) is 6.02 Å². The van der Waals surface area contributed by atoms with Crippen molar-refractivity contribution >= 4 is 6.02 Å². The van der Waals surface area contributed by atoms with Crippen molar-refractivity contribution in [2.75, 3.05) is 0 Å². The van der Waals surface area contributed by atoms with Gasteiger partial charge in [-0.2, -0.15) is 0 Å². The van der Waals surface area contributed by atoms with E-state index < -0.39 is 0 Å². The van der Waals surface area contributed by atoms with Crippen LogP contribution in [0.15, 0.2) is 64.6 Å². The summed E-state index contributed by atoms with van der Waals surface area (Å²) >= 11 is 0. The summed E-state index contributed by atoms with van der Waals surface area (Å²) in [5.41, 5.74) is 3.19. The number of amidine groups is 1. The first kappa shape index (κ1) is 20.5. The second kappa shape index (κ2) is 7.31. The molecule has 0 spiro atoms. The lowest BCUT2D eigenvalue weighted by atomic mass is 9.90. The van der Waals surface area contributed by atoms with Crippen LogP contribution in [0.1, 0.15) is 67.2 Å². The van der Waals surface area contributed by atoms with Crippen molar-refractivity contribution in [3.05, 3.63) is 59.6 Å². The van der Waals surface area contributed by atoms with Crippen LogP contribution in [0.25, 0.3) is 0 Å². The van der Waals surface area contributed by atoms with E-state index in [9.17, 15) is 0 Å². The molecule has 0 aromatic carbocycles. The minimum Gasteiger partial charge on any atom is -0.428 e. The topological polar surface area (TPSA) is 45.7 Å². The maximum absolute atomic E-state index is 6.05. The second-order valence-electron chi connectivity index (χ2n) is 9.66. The maximum atomic E-state index is 6.05. The Kier molecular flexibility index (Phi) is 5.35. The van der Waals surface area contributed by atoms with Crippen molar-refractivity contribution in [2.45, 2.75) is 83.8 Å². The van der Waals surface area contributed by atoms with Gasteiger partial charge in [0.1, 0.15) is 11.3 Å². The van der Waals surface area contributed by atoms with Crippen LogP contribution in [0.5, 0.6) is 0 Å². The molecule has 2 atom stereocenters. The number of fused-ring (bicyclic) bond motifs is 1. The summed E-state index contributed by atoms with van der Waals surface area (Å²) in [6.45, 7) is 17.0. The van der Waals surface area contributed by atoms with E-state index >= 15 is 0 Å². The van der Waals surface area contributed by atoms with Gasteiger partial charge in [-0.25, -0.2) is 4.99 Å². The van der Waals surface area contributed by atoms with Crippen LogP contribution in [0.3, 0.4) is 0 Å². The predicted octanol–water partition coefficient (Wildman–Crippen LogP) is 5.28. The number of hydrogen-bond donors (Lipinski definition) is 2. The Morgan fingerprint density at radius 3 is 2.68 bits per heavy atom. The summed E-state index contributed by atoms with van der Waals surface area (Å²) < 4.78 is 6.05. The molecular formula is C24H35N3O. The number of nitrogens with one attached hydrogen (secondary N) is 2. The van der Waals surface area contributed by atoms with E-state index in [0.29, 0.717) is 6.02 Å². The fraction of sp³-hybridized carbons (Fsp3) is 0.542. The van der Waals surface area contributed by atoms with Crippen molar-refractivity contribution in [3.63, 3.8) is 0 Å². The molecule has 2 N–H and O–H groups in total. The summed E-state index contributed by atoms with van der Waals surface area (Å²) in [7, 11) is 0. The van der Waals surface area contributed by atoms with Gasteiger partial charge in [0.15, 0.2) is 0 Å². The molecule has 4 nitrogen and oxygen atoms in total. The molecule has 3 aliphatic rings. The Labute approximate surface area is 170 Å². The first-order valence-corrected chi connectivity index (χ1v) is 10.3. The lowest BCUT2D eigenvalue weighted by Crippen LogP contribution is -2.46. The second-order valence-corrected chi connectivity index (χ2v) is 9.66. The largest absolute Gasteiger partial charge is 0.428 e. The van der Waals surface area contributed by atoms with Gasteiger partial charge in [-0.3, -0.25) is 0 Å². The van der Waals surface area contributed by atoms with Crippen LogP contribution >= 0.6 is 0 Å². The molecule has 1 heterocycles. The molecule has 0 saturated heterocycles. The van der Waals surface area contributed by atoms with Gasteiger partial charge in [-0.15, -0.1) is 6.58 Å². The summed E-state index contributed by atoms with van der Waals surface area (Å²) in [5, 5.41) is 7.17. The Hall–Kier alpha value is -2.23. The van der Waals surface area contributed by atoms with E-state index in [1.807, 2.05) is 0 Å². The SMILES string of the molecule is C=C(C)CCC(C)(C)NC1=CCC(C)(NC2=NC3(C)CC=C(C)C=C3O2)C=C1. The van der Waals surface area contributed by atoms with Gasteiger partial charge in [-0.05, 0) is 79.4 Å². The van der Waals surface area contributed by atoms with Crippen molar-refractivity contribution in [1.29, 1.82) is 0 Å². The smallest absolute Gasteiger partial charge is 0.291 e. The van der Waals surface area contributed by atoms with Gasteiger partial charge in [-0.1, -0.05) is 29.4 Å². The maximum Gasteiger partial charge on any atom is 0.291 e. The van der Waals surface area contributed by atoms with E-state index in [4.69, 9.17) is 9.73 Å². The van der Waals surface area contributed by atoms with Crippen LogP contribution in [0.2, 0.25) is 0 Å². The zero-order chi connectivity index (χ0) is 20.6. The first-order chi connectivity index (χ1) is 13.0. The number of nitrogens with zero attached hydrogens (tertiary/aromatic N) is 1. The molecule has 3 rings (SSSR count). The number of allylic oxidation sites excluding steroid dienone is 4. The number of ether oxygens (including phenoxy) is 1. The van der Waals surface area contributed by atoms with E-state index in [-0.39, 0.29) is 16.6 Å². The quantitative estimate of drug-likeness (QED) is 0.615. The predicted molar refractivity (Wildman–Crippen MR) is 118 cm³/mol. The summed E-state index contributed by atoms with van der Waals surface area (Å²) in [4.78, 5) is 4.83. The van der Waals surface area contributed by atoms with E-state index in [2.05, 4.69) is 89.1 Å². The fourth-order valence-corrected chi connectivity index (χ4v) is 3.67. The molecule has 2 unspecified atom stereocenters. The summed E-state index contributed by atoms with van der Waals surface area (Å²) in [5.74, 6) is 0.940. The molecule has 0 aromatic heterocycles. The van der Waals surface area contributed by atoms with Crippen molar-refractivity contribution in [3.8, 4) is 0 Å². The number of rotatable bonds is 6. The van der Waals surface area contributed by atoms with Crippen LogP contribution in [0, 0.1) is 0 Å². The first-order valence-electron chi connectivity index (χ1n) is 10.3. The fourth-order valence-electron chi connectivity index (χ4n) is 3.67. The lowest BCUT2D eigenvalue weighted by Gasteiger charge is -2.33. The Morgan fingerprint density at radius 1 is 1.29 bits per heavy atom. The molecule has 2 aliphatic carbocycles. The van der Waals surface area contributed by atoms with Crippen molar-refractivity contribution in [2.24, 2.45) is 4.99 Å². The number of hydrogen-bond acceptors (Lipinski definition) is 4. The molecule has 0 saturated carbocycles. The minimum atomic E-state index is -0.271. The van der Waals surface area contributed by atoms with Crippen LogP contribution in [-0.2, 0) is 4.74 Å². The van der Waals surface area contributed by atoms with E-state index in [1.165, 1.54) is 16.8 Å². The Balaban J connectivity index is 1.60. The Bertz CT molecular complexity index is 812. The van der Waals surface area contributed by atoms with E-state index in [0.717, 1.165) is 31.4 Å². The van der Waals surface area contributed by atoms with Crippen molar-refractivity contribution < 1.29 is 4.74 Å². The molecule has 152 valence electrons. The highest BCUT2D eigenvalue weighted by Crippen LogP contribution is 2.37.